The Hall–Kier alpha value is -2.60. The van der Waals surface area contributed by atoms with E-state index in [-0.39, 0.29) is 0 Å². The third kappa shape index (κ3) is 4.52. The zero-order chi connectivity index (χ0) is 18.2. The van der Waals surface area contributed by atoms with Gasteiger partial charge in [-0.25, -0.2) is 4.98 Å². The number of pyridine rings is 1. The molecule has 0 atom stereocenters. The molecule has 138 valence electrons. The number of piperazine rings is 1. The highest BCUT2D eigenvalue weighted by atomic mass is 16.5. The fourth-order valence-electron chi connectivity index (χ4n) is 3.22. The molecule has 26 heavy (non-hydrogen) atoms. The fourth-order valence-corrected chi connectivity index (χ4v) is 3.22. The van der Waals surface area contributed by atoms with Crippen LogP contribution in [-0.4, -0.2) is 56.2 Å². The Bertz CT molecular complexity index is 711. The second kappa shape index (κ2) is 9.20. The predicted octanol–water partition coefficient (Wildman–Crippen LogP) is 2.13. The first-order valence-electron chi connectivity index (χ1n) is 8.99. The average Bonchev–Trinajstić information content (AvgIpc) is 2.71. The van der Waals surface area contributed by atoms with Crippen LogP contribution >= 0.6 is 0 Å². The summed E-state index contributed by atoms with van der Waals surface area (Å²) in [5.74, 6) is 1.99. The van der Waals surface area contributed by atoms with Crippen molar-refractivity contribution in [2.75, 3.05) is 45.2 Å². The van der Waals surface area contributed by atoms with Gasteiger partial charge >= 0.3 is 0 Å². The zero-order valence-corrected chi connectivity index (χ0v) is 15.6. The van der Waals surface area contributed by atoms with Crippen LogP contribution < -0.4 is 10.2 Å². The van der Waals surface area contributed by atoms with E-state index >= 15 is 0 Å². The first kappa shape index (κ1) is 18.2. The minimum absolute atomic E-state index is 0.624. The van der Waals surface area contributed by atoms with Crippen LogP contribution in [0.1, 0.15) is 11.1 Å². The van der Waals surface area contributed by atoms with Gasteiger partial charge in [0, 0.05) is 53.1 Å². The topological polar surface area (TPSA) is 53.0 Å². The molecule has 0 bridgehead atoms. The molecule has 1 aliphatic rings. The van der Waals surface area contributed by atoms with Crippen molar-refractivity contribution in [1.29, 1.82) is 0 Å². The normalized spacial score (nSPS) is 15.2. The van der Waals surface area contributed by atoms with Crippen molar-refractivity contribution in [2.45, 2.75) is 13.2 Å². The summed E-state index contributed by atoms with van der Waals surface area (Å²) in [6.45, 7) is 5.10. The van der Waals surface area contributed by atoms with Crippen molar-refractivity contribution in [3.8, 4) is 0 Å². The van der Waals surface area contributed by atoms with Crippen molar-refractivity contribution >= 4 is 11.8 Å². The van der Waals surface area contributed by atoms with Gasteiger partial charge < -0.3 is 19.9 Å². The van der Waals surface area contributed by atoms with Crippen LogP contribution in [0.4, 0.5) is 5.82 Å². The minimum Gasteiger partial charge on any atom is -0.380 e. The molecule has 1 aromatic carbocycles. The first-order valence-corrected chi connectivity index (χ1v) is 8.99. The molecule has 6 heteroatoms. The summed E-state index contributed by atoms with van der Waals surface area (Å²) in [6, 6.07) is 14.4. The number of ether oxygens (including phenoxy) is 1. The van der Waals surface area contributed by atoms with Crippen LogP contribution in [0, 0.1) is 0 Å². The van der Waals surface area contributed by atoms with E-state index in [1.807, 2.05) is 31.4 Å². The maximum Gasteiger partial charge on any atom is 0.194 e. The average molecular weight is 353 g/mol. The molecular formula is C20H27N5O. The highest BCUT2D eigenvalue weighted by molar-refractivity contribution is 5.80. The number of rotatable bonds is 5. The van der Waals surface area contributed by atoms with Gasteiger partial charge in [0.25, 0.3) is 0 Å². The number of anilines is 1. The number of guanidine groups is 1. The zero-order valence-electron chi connectivity index (χ0n) is 15.6. The Balaban J connectivity index is 1.56. The minimum atomic E-state index is 0.624. The molecule has 3 rings (SSSR count). The molecule has 6 nitrogen and oxygen atoms in total. The smallest absolute Gasteiger partial charge is 0.194 e. The Morgan fingerprint density at radius 1 is 1.08 bits per heavy atom. The van der Waals surface area contributed by atoms with E-state index in [9.17, 15) is 0 Å². The second-order valence-corrected chi connectivity index (χ2v) is 6.26. The molecule has 2 heterocycles. The van der Waals surface area contributed by atoms with E-state index in [2.05, 4.69) is 49.4 Å². The summed E-state index contributed by atoms with van der Waals surface area (Å²) in [5.41, 5.74) is 2.44. The number of methoxy groups -OCH3 is 1. The third-order valence-electron chi connectivity index (χ3n) is 4.62. The Morgan fingerprint density at radius 2 is 1.81 bits per heavy atom. The molecule has 1 aliphatic heterocycles. The van der Waals surface area contributed by atoms with Crippen LogP contribution in [-0.2, 0) is 17.9 Å². The molecular weight excluding hydrogens is 326 g/mol. The third-order valence-corrected chi connectivity index (χ3v) is 4.62. The van der Waals surface area contributed by atoms with Gasteiger partial charge in [-0.15, -0.1) is 0 Å². The number of nitrogens with zero attached hydrogens (tertiary/aromatic N) is 4. The van der Waals surface area contributed by atoms with Crippen LogP contribution in [0.3, 0.4) is 0 Å². The molecule has 0 unspecified atom stereocenters. The van der Waals surface area contributed by atoms with Crippen molar-refractivity contribution in [3.05, 3.63) is 59.8 Å². The summed E-state index contributed by atoms with van der Waals surface area (Å²) >= 11 is 0. The van der Waals surface area contributed by atoms with Gasteiger partial charge in [-0.3, -0.25) is 4.99 Å². The van der Waals surface area contributed by atoms with Gasteiger partial charge in [0.15, 0.2) is 5.96 Å². The largest absolute Gasteiger partial charge is 0.380 e. The number of hydrogen-bond donors (Lipinski definition) is 1. The SMILES string of the molecule is CN=C(NCc1ccccc1COC)N1CCN(c2ccccn2)CC1. The van der Waals surface area contributed by atoms with Crippen LogP contribution in [0.2, 0.25) is 0 Å². The Kier molecular flexibility index (Phi) is 6.44. The lowest BCUT2D eigenvalue weighted by Gasteiger charge is -2.37. The molecule has 0 amide bonds. The van der Waals surface area contributed by atoms with E-state index in [0.717, 1.165) is 44.5 Å². The molecule has 0 radical (unpaired) electrons. The van der Waals surface area contributed by atoms with Crippen LogP contribution in [0.5, 0.6) is 0 Å². The van der Waals surface area contributed by atoms with Crippen molar-refractivity contribution < 1.29 is 4.74 Å². The quantitative estimate of drug-likeness (QED) is 0.659. The van der Waals surface area contributed by atoms with Gasteiger partial charge in [-0.1, -0.05) is 30.3 Å². The van der Waals surface area contributed by atoms with Crippen LogP contribution in [0.15, 0.2) is 53.7 Å². The van der Waals surface area contributed by atoms with Gasteiger partial charge in [0.05, 0.1) is 6.61 Å². The highest BCUT2D eigenvalue weighted by Crippen LogP contribution is 2.13. The van der Waals surface area contributed by atoms with E-state index in [1.165, 1.54) is 11.1 Å². The van der Waals surface area contributed by atoms with E-state index in [0.29, 0.717) is 6.61 Å². The summed E-state index contributed by atoms with van der Waals surface area (Å²) in [7, 11) is 3.57. The molecule has 1 fully saturated rings. The summed E-state index contributed by atoms with van der Waals surface area (Å²) in [5, 5.41) is 3.50. The summed E-state index contributed by atoms with van der Waals surface area (Å²) in [6.07, 6.45) is 1.85. The van der Waals surface area contributed by atoms with E-state index in [4.69, 9.17) is 4.74 Å². The first-order chi connectivity index (χ1) is 12.8. The molecule has 0 spiro atoms. The monoisotopic (exact) mass is 353 g/mol. The van der Waals surface area contributed by atoms with Gasteiger partial charge in [-0.05, 0) is 23.3 Å². The molecule has 1 saturated heterocycles. The molecule has 1 N–H and O–H groups in total. The number of hydrogen-bond acceptors (Lipinski definition) is 4. The molecule has 1 aromatic heterocycles. The maximum atomic E-state index is 5.29. The van der Waals surface area contributed by atoms with Crippen molar-refractivity contribution in [3.63, 3.8) is 0 Å². The second-order valence-electron chi connectivity index (χ2n) is 6.26. The standard InChI is InChI=1S/C20H27N5O/c1-21-20(23-15-17-7-3-4-8-18(17)16-26-2)25-13-11-24(12-14-25)19-9-5-6-10-22-19/h3-10H,11-16H2,1-2H3,(H,21,23). The fraction of sp³-hybridized carbons (Fsp3) is 0.400. The summed E-state index contributed by atoms with van der Waals surface area (Å²) in [4.78, 5) is 13.5. The van der Waals surface area contributed by atoms with E-state index in [1.54, 1.807) is 7.11 Å². The van der Waals surface area contributed by atoms with Gasteiger partial charge in [0.1, 0.15) is 5.82 Å². The van der Waals surface area contributed by atoms with Crippen LogP contribution in [0.25, 0.3) is 0 Å². The van der Waals surface area contributed by atoms with Crippen molar-refractivity contribution in [2.24, 2.45) is 4.99 Å². The molecule has 2 aromatic rings. The Labute approximate surface area is 155 Å². The number of aliphatic imine (C=N–C) groups is 1. The maximum absolute atomic E-state index is 5.29. The number of benzene rings is 1. The predicted molar refractivity (Wildman–Crippen MR) is 105 cm³/mol. The lowest BCUT2D eigenvalue weighted by atomic mass is 10.1. The number of nitrogens with one attached hydrogen (secondary N) is 1. The highest BCUT2D eigenvalue weighted by Gasteiger charge is 2.20. The lowest BCUT2D eigenvalue weighted by Crippen LogP contribution is -2.52. The van der Waals surface area contributed by atoms with Crippen molar-refractivity contribution in [1.82, 2.24) is 15.2 Å². The lowest BCUT2D eigenvalue weighted by molar-refractivity contribution is 0.184. The summed E-state index contributed by atoms with van der Waals surface area (Å²) < 4.78 is 5.29. The Morgan fingerprint density at radius 3 is 2.46 bits per heavy atom. The van der Waals surface area contributed by atoms with E-state index < -0.39 is 0 Å². The van der Waals surface area contributed by atoms with Gasteiger partial charge in [-0.2, -0.15) is 0 Å². The molecule has 0 aliphatic carbocycles. The number of aromatic nitrogens is 1. The van der Waals surface area contributed by atoms with Gasteiger partial charge in [0.2, 0.25) is 0 Å². The molecule has 0 saturated carbocycles.